The first kappa shape index (κ1) is 14.9. The van der Waals surface area contributed by atoms with E-state index in [1.807, 2.05) is 19.2 Å². The van der Waals surface area contributed by atoms with Crippen LogP contribution in [0.2, 0.25) is 0 Å². The smallest absolute Gasteiger partial charge is 0.259 e. The number of aromatic nitrogens is 5. The van der Waals surface area contributed by atoms with Gasteiger partial charge in [0.1, 0.15) is 16.5 Å². The Labute approximate surface area is 132 Å². The van der Waals surface area contributed by atoms with Crippen molar-refractivity contribution < 1.29 is 0 Å². The van der Waals surface area contributed by atoms with Crippen molar-refractivity contribution in [2.75, 3.05) is 0 Å². The topological polar surface area (TPSA) is 87.3 Å². The van der Waals surface area contributed by atoms with Crippen LogP contribution in [0.5, 0.6) is 0 Å². The molecule has 0 spiro atoms. The van der Waals surface area contributed by atoms with Gasteiger partial charge in [0.25, 0.3) is 5.56 Å². The fourth-order valence-electron chi connectivity index (χ4n) is 2.33. The lowest BCUT2D eigenvalue weighted by molar-refractivity contribution is 0.780. The standard InChI is InChI=1S/C15H19N5OS/c1-7(2)9-6-22-15-12(9)14(21)17-10(18-15)5-11-16-13(8(3)4)20-19-11/h6-8H,5H2,1-4H3,(H,16,19,20)(H,17,18,21). The molecule has 7 heteroatoms. The van der Waals surface area contributed by atoms with Gasteiger partial charge in [0.05, 0.1) is 11.8 Å². The maximum atomic E-state index is 12.4. The number of rotatable bonds is 4. The van der Waals surface area contributed by atoms with Gasteiger partial charge in [-0.25, -0.2) is 9.97 Å². The lowest BCUT2D eigenvalue weighted by atomic mass is 10.0. The lowest BCUT2D eigenvalue weighted by Gasteiger charge is -2.02. The summed E-state index contributed by atoms with van der Waals surface area (Å²) < 4.78 is 0. The maximum absolute atomic E-state index is 12.4. The highest BCUT2D eigenvalue weighted by molar-refractivity contribution is 7.16. The molecule has 0 fully saturated rings. The number of aromatic amines is 2. The second-order valence-electron chi connectivity index (χ2n) is 6.01. The van der Waals surface area contributed by atoms with E-state index in [0.29, 0.717) is 29.4 Å². The zero-order valence-corrected chi connectivity index (χ0v) is 13.9. The molecule has 0 saturated carbocycles. The number of nitrogens with one attached hydrogen (secondary N) is 2. The van der Waals surface area contributed by atoms with E-state index < -0.39 is 0 Å². The number of hydrogen-bond donors (Lipinski definition) is 2. The minimum Gasteiger partial charge on any atom is -0.310 e. The molecule has 0 unspecified atom stereocenters. The van der Waals surface area contributed by atoms with Gasteiger partial charge >= 0.3 is 0 Å². The average Bonchev–Trinajstić information content (AvgIpc) is 3.05. The van der Waals surface area contributed by atoms with Crippen LogP contribution in [0.15, 0.2) is 10.2 Å². The first-order chi connectivity index (χ1) is 10.5. The Bertz CT molecular complexity index is 858. The van der Waals surface area contributed by atoms with Crippen molar-refractivity contribution in [3.8, 4) is 0 Å². The lowest BCUT2D eigenvalue weighted by Crippen LogP contribution is -2.13. The maximum Gasteiger partial charge on any atom is 0.259 e. The van der Waals surface area contributed by atoms with Gasteiger partial charge in [0.15, 0.2) is 5.82 Å². The van der Waals surface area contributed by atoms with Gasteiger partial charge < -0.3 is 4.98 Å². The van der Waals surface area contributed by atoms with Crippen LogP contribution in [0.1, 0.15) is 62.6 Å². The Morgan fingerprint density at radius 3 is 2.55 bits per heavy atom. The molecule has 0 atom stereocenters. The minimum atomic E-state index is -0.0754. The molecular weight excluding hydrogens is 298 g/mol. The van der Waals surface area contributed by atoms with Crippen molar-refractivity contribution in [2.24, 2.45) is 0 Å². The molecule has 22 heavy (non-hydrogen) atoms. The Morgan fingerprint density at radius 1 is 1.14 bits per heavy atom. The number of hydrogen-bond acceptors (Lipinski definition) is 5. The summed E-state index contributed by atoms with van der Waals surface area (Å²) in [5.74, 6) is 2.68. The molecule has 0 aliphatic rings. The van der Waals surface area contributed by atoms with Crippen molar-refractivity contribution in [2.45, 2.75) is 46.0 Å². The van der Waals surface area contributed by atoms with Crippen LogP contribution in [0.25, 0.3) is 10.2 Å². The predicted molar refractivity (Wildman–Crippen MR) is 87.6 cm³/mol. The van der Waals surface area contributed by atoms with Crippen molar-refractivity contribution in [1.29, 1.82) is 0 Å². The number of fused-ring (bicyclic) bond motifs is 1. The Kier molecular flexibility index (Phi) is 3.82. The third-order valence-corrected chi connectivity index (χ3v) is 4.43. The predicted octanol–water partition coefficient (Wildman–Crippen LogP) is 2.94. The Hall–Kier alpha value is -2.02. The molecule has 0 amide bonds. The number of H-pyrrole nitrogens is 2. The SMILES string of the molecule is CC(C)c1n[nH]c(Cc2nc3scc(C(C)C)c3c(=O)[nH]2)n1. The van der Waals surface area contributed by atoms with Crippen LogP contribution in [-0.2, 0) is 6.42 Å². The third kappa shape index (κ3) is 2.68. The van der Waals surface area contributed by atoms with E-state index in [0.717, 1.165) is 16.2 Å². The molecule has 116 valence electrons. The van der Waals surface area contributed by atoms with E-state index in [1.54, 1.807) is 0 Å². The monoisotopic (exact) mass is 317 g/mol. The number of nitrogens with zero attached hydrogens (tertiary/aromatic N) is 3. The van der Waals surface area contributed by atoms with Crippen LogP contribution < -0.4 is 5.56 Å². The Balaban J connectivity index is 1.96. The van der Waals surface area contributed by atoms with Crippen LogP contribution in [0.3, 0.4) is 0 Å². The molecule has 0 aromatic carbocycles. The van der Waals surface area contributed by atoms with E-state index >= 15 is 0 Å². The highest BCUT2D eigenvalue weighted by atomic mass is 32.1. The summed E-state index contributed by atoms with van der Waals surface area (Å²) >= 11 is 1.51. The van der Waals surface area contributed by atoms with Gasteiger partial charge in [-0.2, -0.15) is 5.10 Å². The van der Waals surface area contributed by atoms with Gasteiger partial charge in [-0.1, -0.05) is 27.7 Å². The molecule has 3 heterocycles. The van der Waals surface area contributed by atoms with E-state index in [-0.39, 0.29) is 11.5 Å². The first-order valence-electron chi connectivity index (χ1n) is 7.37. The van der Waals surface area contributed by atoms with Gasteiger partial charge in [-0.05, 0) is 16.9 Å². The van der Waals surface area contributed by atoms with Crippen molar-refractivity contribution in [1.82, 2.24) is 25.1 Å². The molecule has 0 aliphatic carbocycles. The highest BCUT2D eigenvalue weighted by Crippen LogP contribution is 2.27. The first-order valence-corrected chi connectivity index (χ1v) is 8.25. The fraction of sp³-hybridized carbons (Fsp3) is 0.467. The van der Waals surface area contributed by atoms with E-state index in [9.17, 15) is 4.79 Å². The molecule has 0 saturated heterocycles. The summed E-state index contributed by atoms with van der Waals surface area (Å²) in [6.07, 6.45) is 0.444. The highest BCUT2D eigenvalue weighted by Gasteiger charge is 2.15. The zero-order valence-electron chi connectivity index (χ0n) is 13.1. The van der Waals surface area contributed by atoms with Crippen LogP contribution >= 0.6 is 11.3 Å². The Morgan fingerprint density at radius 2 is 1.91 bits per heavy atom. The molecule has 3 aromatic rings. The van der Waals surface area contributed by atoms with Gasteiger partial charge in [0.2, 0.25) is 0 Å². The second-order valence-corrected chi connectivity index (χ2v) is 6.87. The van der Waals surface area contributed by atoms with Gasteiger partial charge in [-0.15, -0.1) is 11.3 Å². The summed E-state index contributed by atoms with van der Waals surface area (Å²) in [5.41, 5.74) is 0.982. The fourth-order valence-corrected chi connectivity index (χ4v) is 3.45. The summed E-state index contributed by atoms with van der Waals surface area (Å²) in [6.45, 7) is 8.24. The minimum absolute atomic E-state index is 0.0754. The summed E-state index contributed by atoms with van der Waals surface area (Å²) in [4.78, 5) is 25.0. The van der Waals surface area contributed by atoms with Crippen LogP contribution in [0.4, 0.5) is 0 Å². The van der Waals surface area contributed by atoms with Crippen molar-refractivity contribution >= 4 is 21.6 Å². The molecule has 6 nitrogen and oxygen atoms in total. The van der Waals surface area contributed by atoms with Crippen molar-refractivity contribution in [3.63, 3.8) is 0 Å². The van der Waals surface area contributed by atoms with Crippen LogP contribution in [-0.4, -0.2) is 25.1 Å². The third-order valence-electron chi connectivity index (χ3n) is 3.54. The van der Waals surface area contributed by atoms with E-state index in [1.165, 1.54) is 11.3 Å². The van der Waals surface area contributed by atoms with E-state index in [2.05, 4.69) is 39.0 Å². The van der Waals surface area contributed by atoms with Crippen molar-refractivity contribution in [3.05, 3.63) is 38.8 Å². The van der Waals surface area contributed by atoms with Gasteiger partial charge in [0, 0.05) is 5.92 Å². The molecular formula is C15H19N5OS. The molecule has 0 aliphatic heterocycles. The molecule has 0 bridgehead atoms. The van der Waals surface area contributed by atoms with Gasteiger partial charge in [-0.3, -0.25) is 9.89 Å². The normalized spacial score (nSPS) is 11.9. The summed E-state index contributed by atoms with van der Waals surface area (Å²) in [7, 11) is 0. The van der Waals surface area contributed by atoms with E-state index in [4.69, 9.17) is 0 Å². The zero-order chi connectivity index (χ0) is 15.9. The van der Waals surface area contributed by atoms with Crippen LogP contribution in [0, 0.1) is 0 Å². The average molecular weight is 317 g/mol. The second kappa shape index (κ2) is 5.64. The molecule has 3 rings (SSSR count). The number of thiophene rings is 1. The molecule has 3 aromatic heterocycles. The molecule has 0 radical (unpaired) electrons. The summed E-state index contributed by atoms with van der Waals surface area (Å²) in [6, 6.07) is 0. The largest absolute Gasteiger partial charge is 0.310 e. The quantitative estimate of drug-likeness (QED) is 0.774. The molecule has 2 N–H and O–H groups in total. The summed E-state index contributed by atoms with van der Waals surface area (Å²) in [5, 5.41) is 9.81.